The maximum Gasteiger partial charge on any atom is 0.252 e. The minimum atomic E-state index is -0.00368. The third-order valence-corrected chi connectivity index (χ3v) is 6.43. The largest absolute Gasteiger partial charge is 0.372 e. The van der Waals surface area contributed by atoms with E-state index >= 15 is 0 Å². The topological polar surface area (TPSA) is 63.1 Å². The highest BCUT2D eigenvalue weighted by atomic mass is 16.1. The van der Waals surface area contributed by atoms with Gasteiger partial charge in [0.25, 0.3) is 5.56 Å². The minimum absolute atomic E-state index is 0.00368. The van der Waals surface area contributed by atoms with Crippen molar-refractivity contribution in [1.82, 2.24) is 14.5 Å². The van der Waals surface area contributed by atoms with Crippen LogP contribution in [0.2, 0.25) is 0 Å². The molecule has 1 unspecified atom stereocenters. The molecule has 1 aliphatic rings. The molecule has 1 N–H and O–H groups in total. The van der Waals surface area contributed by atoms with E-state index in [2.05, 4.69) is 53.3 Å². The van der Waals surface area contributed by atoms with Crippen LogP contribution in [-0.4, -0.2) is 27.6 Å². The molecule has 0 radical (unpaired) electrons. The summed E-state index contributed by atoms with van der Waals surface area (Å²) < 4.78 is 1.83. The number of hydrogen-bond acceptors (Lipinski definition) is 5. The van der Waals surface area contributed by atoms with E-state index in [4.69, 9.17) is 4.98 Å². The van der Waals surface area contributed by atoms with E-state index in [9.17, 15) is 4.79 Å². The van der Waals surface area contributed by atoms with Crippen molar-refractivity contribution >= 4 is 28.4 Å². The summed E-state index contributed by atoms with van der Waals surface area (Å²) in [6.07, 6.45) is 11.4. The molecular weight excluding hydrogens is 398 g/mol. The van der Waals surface area contributed by atoms with Gasteiger partial charge in [-0.05, 0) is 62.9 Å². The Labute approximate surface area is 190 Å². The van der Waals surface area contributed by atoms with Crippen molar-refractivity contribution < 1.29 is 0 Å². The molecule has 3 aromatic rings. The summed E-state index contributed by atoms with van der Waals surface area (Å²) >= 11 is 0. The molecule has 1 fully saturated rings. The van der Waals surface area contributed by atoms with Crippen molar-refractivity contribution in [3.05, 3.63) is 52.9 Å². The molecule has 1 atom stereocenters. The quantitative estimate of drug-likeness (QED) is 0.416. The van der Waals surface area contributed by atoms with Crippen LogP contribution in [0, 0.1) is 0 Å². The van der Waals surface area contributed by atoms with Gasteiger partial charge in [-0.2, -0.15) is 4.98 Å². The molecule has 4 rings (SSSR count). The highest BCUT2D eigenvalue weighted by molar-refractivity contribution is 5.76. The first kappa shape index (κ1) is 22.3. The highest BCUT2D eigenvalue weighted by Gasteiger charge is 2.14. The Hall–Kier alpha value is -2.89. The Bertz CT molecular complexity index is 1070. The second kappa shape index (κ2) is 10.6. The molecule has 3 heterocycles. The van der Waals surface area contributed by atoms with Gasteiger partial charge < -0.3 is 10.2 Å². The zero-order valence-electron chi connectivity index (χ0n) is 19.4. The molecule has 6 nitrogen and oxygen atoms in total. The fraction of sp³-hybridized carbons (Fsp3) is 0.500. The number of pyridine rings is 1. The number of hydrogen-bond donors (Lipinski definition) is 1. The summed E-state index contributed by atoms with van der Waals surface area (Å²) in [5, 5.41) is 4.20. The molecular formula is C26H35N5O. The second-order valence-corrected chi connectivity index (χ2v) is 8.93. The number of rotatable bonds is 9. The number of nitrogens with one attached hydrogen (secondary N) is 1. The summed E-state index contributed by atoms with van der Waals surface area (Å²) in [5.74, 6) is 0.515. The Morgan fingerprint density at radius 3 is 2.53 bits per heavy atom. The third kappa shape index (κ3) is 5.29. The van der Waals surface area contributed by atoms with Gasteiger partial charge in [0.2, 0.25) is 5.95 Å². The fourth-order valence-corrected chi connectivity index (χ4v) is 4.56. The lowest BCUT2D eigenvalue weighted by Crippen LogP contribution is -2.29. The number of benzene rings is 1. The Balaban J connectivity index is 1.52. The van der Waals surface area contributed by atoms with Crippen molar-refractivity contribution in [3.63, 3.8) is 0 Å². The van der Waals surface area contributed by atoms with Crippen molar-refractivity contribution in [3.8, 4) is 0 Å². The smallest absolute Gasteiger partial charge is 0.252 e. The minimum Gasteiger partial charge on any atom is -0.372 e. The number of fused-ring (bicyclic) bond motifs is 1. The Kier molecular flexibility index (Phi) is 7.40. The first-order valence-electron chi connectivity index (χ1n) is 12.2. The molecule has 0 amide bonds. The first-order valence-corrected chi connectivity index (χ1v) is 12.2. The Morgan fingerprint density at radius 2 is 1.78 bits per heavy atom. The maximum atomic E-state index is 12.7. The van der Waals surface area contributed by atoms with E-state index in [1.54, 1.807) is 12.3 Å². The fourth-order valence-electron chi connectivity index (χ4n) is 4.56. The van der Waals surface area contributed by atoms with Crippen molar-refractivity contribution in [2.45, 2.75) is 71.3 Å². The van der Waals surface area contributed by atoms with E-state index in [1.165, 1.54) is 44.2 Å². The lowest BCUT2D eigenvalue weighted by atomic mass is 10.1. The first-order chi connectivity index (χ1) is 15.7. The van der Waals surface area contributed by atoms with Gasteiger partial charge in [-0.25, -0.2) is 4.98 Å². The van der Waals surface area contributed by atoms with Crippen molar-refractivity contribution in [2.24, 2.45) is 0 Å². The van der Waals surface area contributed by atoms with Crippen LogP contribution < -0.4 is 15.8 Å². The molecule has 0 saturated carbocycles. The van der Waals surface area contributed by atoms with Gasteiger partial charge in [0.15, 0.2) is 0 Å². The molecule has 2 aromatic heterocycles. The standard InChI is InChI=1S/C26H35N5O/c1-3-4-5-7-10-20(2)31-24(32)16-11-21-19-27-26(29-25(21)31)28-22-12-14-23(15-13-22)30-17-8-6-9-18-30/h11-16,19-20H,3-10,17-18H2,1-2H3,(H,27,28,29). The van der Waals surface area contributed by atoms with Gasteiger partial charge in [0, 0.05) is 48.2 Å². The molecule has 0 spiro atoms. The van der Waals surface area contributed by atoms with Gasteiger partial charge in [0.05, 0.1) is 0 Å². The molecule has 170 valence electrons. The highest BCUT2D eigenvalue weighted by Crippen LogP contribution is 2.24. The molecule has 0 bridgehead atoms. The monoisotopic (exact) mass is 433 g/mol. The number of piperidine rings is 1. The van der Waals surface area contributed by atoms with Crippen LogP contribution in [0.5, 0.6) is 0 Å². The van der Waals surface area contributed by atoms with E-state index < -0.39 is 0 Å². The molecule has 0 aliphatic carbocycles. The van der Waals surface area contributed by atoms with Crippen LogP contribution >= 0.6 is 0 Å². The number of nitrogens with zero attached hydrogens (tertiary/aromatic N) is 4. The van der Waals surface area contributed by atoms with Crippen molar-refractivity contribution in [2.75, 3.05) is 23.3 Å². The summed E-state index contributed by atoms with van der Waals surface area (Å²) in [6.45, 7) is 6.59. The summed E-state index contributed by atoms with van der Waals surface area (Å²) in [4.78, 5) is 24.4. The third-order valence-electron chi connectivity index (χ3n) is 6.43. The number of anilines is 3. The van der Waals surface area contributed by atoms with Crippen LogP contribution in [0.4, 0.5) is 17.3 Å². The predicted molar refractivity (Wildman–Crippen MR) is 133 cm³/mol. The van der Waals surface area contributed by atoms with E-state index in [-0.39, 0.29) is 11.6 Å². The van der Waals surface area contributed by atoms with Crippen LogP contribution in [0.15, 0.2) is 47.4 Å². The summed E-state index contributed by atoms with van der Waals surface area (Å²) in [5.41, 5.74) is 2.90. The molecule has 1 saturated heterocycles. The average Bonchev–Trinajstić information content (AvgIpc) is 2.82. The van der Waals surface area contributed by atoms with Crippen LogP contribution in [0.3, 0.4) is 0 Å². The molecule has 32 heavy (non-hydrogen) atoms. The number of unbranched alkanes of at least 4 members (excludes halogenated alkanes) is 3. The molecule has 1 aromatic carbocycles. The van der Waals surface area contributed by atoms with Crippen LogP contribution in [0.25, 0.3) is 11.0 Å². The van der Waals surface area contributed by atoms with E-state index in [1.807, 2.05) is 10.6 Å². The van der Waals surface area contributed by atoms with E-state index in [0.717, 1.165) is 37.0 Å². The normalized spacial score (nSPS) is 15.1. The van der Waals surface area contributed by atoms with Gasteiger partial charge in [-0.3, -0.25) is 9.36 Å². The van der Waals surface area contributed by atoms with E-state index in [0.29, 0.717) is 11.6 Å². The van der Waals surface area contributed by atoms with Crippen LogP contribution in [-0.2, 0) is 0 Å². The lowest BCUT2D eigenvalue weighted by Gasteiger charge is -2.28. The van der Waals surface area contributed by atoms with Crippen molar-refractivity contribution in [1.29, 1.82) is 0 Å². The molecule has 1 aliphatic heterocycles. The van der Waals surface area contributed by atoms with Gasteiger partial charge in [-0.1, -0.05) is 32.6 Å². The zero-order valence-corrected chi connectivity index (χ0v) is 19.4. The van der Waals surface area contributed by atoms with Gasteiger partial charge in [-0.15, -0.1) is 0 Å². The zero-order chi connectivity index (χ0) is 22.3. The lowest BCUT2D eigenvalue weighted by molar-refractivity contribution is 0.471. The van der Waals surface area contributed by atoms with Gasteiger partial charge >= 0.3 is 0 Å². The Morgan fingerprint density at radius 1 is 1.00 bits per heavy atom. The number of aromatic nitrogens is 3. The maximum absolute atomic E-state index is 12.7. The second-order valence-electron chi connectivity index (χ2n) is 8.93. The average molecular weight is 434 g/mol. The molecule has 6 heteroatoms. The van der Waals surface area contributed by atoms with Gasteiger partial charge in [0.1, 0.15) is 5.65 Å². The van der Waals surface area contributed by atoms with Crippen LogP contribution in [0.1, 0.15) is 71.3 Å². The summed E-state index contributed by atoms with van der Waals surface area (Å²) in [7, 11) is 0. The predicted octanol–water partition coefficient (Wildman–Crippen LogP) is 6.06. The SMILES string of the molecule is CCCCCCC(C)n1c(=O)ccc2cnc(Nc3ccc(N4CCCCC4)cc3)nc21. The summed E-state index contributed by atoms with van der Waals surface area (Å²) in [6, 6.07) is 12.0.